The number of aromatic hydroxyl groups is 1. The van der Waals surface area contributed by atoms with E-state index in [0.29, 0.717) is 5.56 Å². The van der Waals surface area contributed by atoms with Gasteiger partial charge >= 0.3 is 0 Å². The second-order valence-electron chi connectivity index (χ2n) is 8.59. The lowest BCUT2D eigenvalue weighted by Crippen LogP contribution is -2.30. The van der Waals surface area contributed by atoms with Gasteiger partial charge in [-0.1, -0.05) is 42.1 Å². The molecule has 0 bridgehead atoms. The molecular formula is C28H22N4O2S. The average molecular weight is 479 g/mol. The highest BCUT2D eigenvalue weighted by molar-refractivity contribution is 7.99. The number of allylic oxidation sites excluding steroid dienone is 2. The summed E-state index contributed by atoms with van der Waals surface area (Å²) in [5.74, 6) is 1.85. The van der Waals surface area contributed by atoms with Gasteiger partial charge in [-0.15, -0.1) is 0 Å². The highest BCUT2D eigenvalue weighted by Crippen LogP contribution is 2.43. The van der Waals surface area contributed by atoms with Crippen LogP contribution in [0.5, 0.6) is 5.75 Å². The minimum Gasteiger partial charge on any atom is -0.508 e. The van der Waals surface area contributed by atoms with Gasteiger partial charge in [0.2, 0.25) is 0 Å². The monoisotopic (exact) mass is 478 g/mol. The van der Waals surface area contributed by atoms with Crippen LogP contribution in [-0.4, -0.2) is 34.6 Å². The zero-order chi connectivity index (χ0) is 24.1. The van der Waals surface area contributed by atoms with Gasteiger partial charge in [-0.05, 0) is 66.6 Å². The van der Waals surface area contributed by atoms with E-state index >= 15 is 0 Å². The fourth-order valence-corrected chi connectivity index (χ4v) is 5.61. The Kier molecular flexibility index (Phi) is 5.07. The minimum atomic E-state index is -0.298. The zero-order valence-corrected chi connectivity index (χ0v) is 20.0. The Morgan fingerprint density at radius 3 is 2.66 bits per heavy atom. The van der Waals surface area contributed by atoms with E-state index in [1.54, 1.807) is 35.8 Å². The lowest BCUT2D eigenvalue weighted by Gasteiger charge is -2.22. The number of amides is 1. The third-order valence-electron chi connectivity index (χ3n) is 6.30. The Morgan fingerprint density at radius 1 is 1.03 bits per heavy atom. The van der Waals surface area contributed by atoms with Gasteiger partial charge in [-0.3, -0.25) is 14.7 Å². The molecule has 172 valence electrons. The number of amidine groups is 2. The number of benzene rings is 3. The third-order valence-corrected chi connectivity index (χ3v) is 7.43. The van der Waals surface area contributed by atoms with Crippen molar-refractivity contribution < 1.29 is 9.90 Å². The molecule has 6 nitrogen and oxygen atoms in total. The molecule has 7 heteroatoms. The van der Waals surface area contributed by atoms with Crippen LogP contribution in [0.2, 0.25) is 0 Å². The number of fused-ring (bicyclic) bond motifs is 3. The largest absolute Gasteiger partial charge is 0.508 e. The van der Waals surface area contributed by atoms with E-state index in [1.165, 1.54) is 0 Å². The van der Waals surface area contributed by atoms with Crippen molar-refractivity contribution in [1.29, 1.82) is 0 Å². The maximum Gasteiger partial charge on any atom is 0.259 e. The van der Waals surface area contributed by atoms with Crippen LogP contribution in [0.15, 0.2) is 110 Å². The number of hydrogen-bond acceptors (Lipinski definition) is 5. The number of hydrogen-bond donors (Lipinski definition) is 1. The van der Waals surface area contributed by atoms with Gasteiger partial charge in [0.15, 0.2) is 0 Å². The summed E-state index contributed by atoms with van der Waals surface area (Å²) < 4.78 is 0. The van der Waals surface area contributed by atoms with Crippen LogP contribution in [0.25, 0.3) is 0 Å². The number of aliphatic imine (C=N–C) groups is 2. The van der Waals surface area contributed by atoms with Crippen LogP contribution in [0.1, 0.15) is 28.9 Å². The van der Waals surface area contributed by atoms with E-state index in [4.69, 9.17) is 9.98 Å². The van der Waals surface area contributed by atoms with Crippen molar-refractivity contribution >= 4 is 40.7 Å². The molecule has 1 amide bonds. The molecule has 1 unspecified atom stereocenters. The van der Waals surface area contributed by atoms with E-state index in [-0.39, 0.29) is 17.7 Å². The molecule has 1 atom stereocenters. The molecule has 0 saturated heterocycles. The normalized spacial score (nSPS) is 19.7. The van der Waals surface area contributed by atoms with Crippen LogP contribution < -0.4 is 4.90 Å². The molecule has 1 N–H and O–H groups in total. The molecule has 0 aliphatic carbocycles. The summed E-state index contributed by atoms with van der Waals surface area (Å²) in [5.41, 5.74) is 4.36. The summed E-state index contributed by atoms with van der Waals surface area (Å²) in [6.07, 6.45) is 6.01. The summed E-state index contributed by atoms with van der Waals surface area (Å²) in [5, 5.41) is 9.77. The molecule has 3 heterocycles. The first kappa shape index (κ1) is 21.4. The average Bonchev–Trinajstić information content (AvgIpc) is 3.19. The fourth-order valence-electron chi connectivity index (χ4n) is 4.47. The zero-order valence-electron chi connectivity index (χ0n) is 19.2. The number of phenolic OH excluding ortho intramolecular Hbond substituents is 1. The third kappa shape index (κ3) is 3.65. The van der Waals surface area contributed by atoms with E-state index in [1.807, 2.05) is 84.8 Å². The van der Waals surface area contributed by atoms with Crippen LogP contribution >= 0.6 is 11.8 Å². The first-order valence-electron chi connectivity index (χ1n) is 11.3. The first-order chi connectivity index (χ1) is 17.0. The van der Waals surface area contributed by atoms with Gasteiger partial charge in [0.25, 0.3) is 5.91 Å². The molecule has 3 aromatic rings. The number of carbonyl (C=O) groups is 1. The van der Waals surface area contributed by atoms with Crippen molar-refractivity contribution in [1.82, 2.24) is 4.90 Å². The number of phenols is 1. The van der Waals surface area contributed by atoms with E-state index in [2.05, 4.69) is 0 Å². The first-order valence-corrected chi connectivity index (χ1v) is 12.1. The standard InChI is InChI=1S/C28H22N4O2S/c1-17-6-5-15-32-26(17)30-25(18-9-12-20(33)13-10-18)27(32)29-19-11-14-22-24(16-19)35-23-8-4-3-7-21(23)28(34)31(22)2/h3-16,25,33H,1-2H3. The number of anilines is 1. The maximum absolute atomic E-state index is 13.0. The maximum atomic E-state index is 13.0. The van der Waals surface area contributed by atoms with Gasteiger partial charge in [-0.25, -0.2) is 4.99 Å². The number of carbonyl (C=O) groups excluding carboxylic acids is 1. The van der Waals surface area contributed by atoms with Gasteiger partial charge < -0.3 is 10.0 Å². The summed E-state index contributed by atoms with van der Waals surface area (Å²) in [6.45, 7) is 2.04. The highest BCUT2D eigenvalue weighted by Gasteiger charge is 2.34. The lowest BCUT2D eigenvalue weighted by molar-refractivity contribution is 0.0990. The summed E-state index contributed by atoms with van der Waals surface area (Å²) in [4.78, 5) is 28.7. The lowest BCUT2D eigenvalue weighted by atomic mass is 10.1. The highest BCUT2D eigenvalue weighted by atomic mass is 32.2. The smallest absolute Gasteiger partial charge is 0.259 e. The number of nitrogens with zero attached hydrogens (tertiary/aromatic N) is 4. The van der Waals surface area contributed by atoms with Crippen molar-refractivity contribution in [3.8, 4) is 5.75 Å². The Morgan fingerprint density at radius 2 is 1.83 bits per heavy atom. The Hall–Kier alpha value is -4.10. The van der Waals surface area contributed by atoms with Gasteiger partial charge in [0, 0.05) is 23.0 Å². The van der Waals surface area contributed by atoms with Crippen molar-refractivity contribution in [3.05, 3.63) is 102 Å². The van der Waals surface area contributed by atoms with Gasteiger partial charge in [0.05, 0.1) is 16.9 Å². The van der Waals surface area contributed by atoms with Gasteiger partial charge in [0.1, 0.15) is 23.5 Å². The van der Waals surface area contributed by atoms with Crippen LogP contribution in [0, 0.1) is 0 Å². The predicted molar refractivity (Wildman–Crippen MR) is 140 cm³/mol. The molecular weight excluding hydrogens is 456 g/mol. The molecule has 0 fully saturated rings. The topological polar surface area (TPSA) is 68.5 Å². The van der Waals surface area contributed by atoms with Crippen LogP contribution in [-0.2, 0) is 0 Å². The molecule has 3 aliphatic rings. The van der Waals surface area contributed by atoms with Crippen molar-refractivity contribution in [2.75, 3.05) is 11.9 Å². The molecule has 3 aliphatic heterocycles. The Balaban J connectivity index is 1.44. The van der Waals surface area contributed by atoms with E-state index in [0.717, 1.165) is 44.0 Å². The van der Waals surface area contributed by atoms with Crippen LogP contribution in [0.4, 0.5) is 11.4 Å². The second kappa shape index (κ2) is 8.29. The van der Waals surface area contributed by atoms with Crippen molar-refractivity contribution in [2.45, 2.75) is 22.8 Å². The SMILES string of the molecule is CC1=CC=CN2C1=NC(c1ccc(O)cc1)C2=Nc1ccc2c(c1)Sc1ccccc1C(=O)N2C. The van der Waals surface area contributed by atoms with Crippen molar-refractivity contribution in [2.24, 2.45) is 9.98 Å². The summed E-state index contributed by atoms with van der Waals surface area (Å²) >= 11 is 1.58. The molecule has 0 radical (unpaired) electrons. The van der Waals surface area contributed by atoms with Crippen molar-refractivity contribution in [3.63, 3.8) is 0 Å². The predicted octanol–water partition coefficient (Wildman–Crippen LogP) is 6.09. The quantitative estimate of drug-likeness (QED) is 0.484. The molecule has 0 aromatic heterocycles. The van der Waals surface area contributed by atoms with Gasteiger partial charge in [-0.2, -0.15) is 0 Å². The molecule has 6 rings (SSSR count). The molecule has 0 spiro atoms. The number of rotatable bonds is 2. The summed E-state index contributed by atoms with van der Waals surface area (Å²) in [7, 11) is 1.81. The minimum absolute atomic E-state index is 0.0205. The summed E-state index contributed by atoms with van der Waals surface area (Å²) in [6, 6.07) is 20.4. The molecule has 3 aromatic carbocycles. The second-order valence-corrected chi connectivity index (χ2v) is 9.68. The Bertz CT molecular complexity index is 1490. The molecule has 0 saturated carbocycles. The molecule has 35 heavy (non-hydrogen) atoms. The Labute approximate surface area is 207 Å². The van der Waals surface area contributed by atoms with E-state index in [9.17, 15) is 9.90 Å². The fraction of sp³-hybridized carbons (Fsp3) is 0.107. The van der Waals surface area contributed by atoms with Crippen LogP contribution in [0.3, 0.4) is 0 Å². The van der Waals surface area contributed by atoms with E-state index < -0.39 is 0 Å².